The lowest BCUT2D eigenvalue weighted by Crippen LogP contribution is -2.38. The second-order valence-corrected chi connectivity index (χ2v) is 7.78. The number of rotatable bonds is 7. The first-order valence-corrected chi connectivity index (χ1v) is 10.5. The van der Waals surface area contributed by atoms with E-state index in [9.17, 15) is 4.79 Å². The summed E-state index contributed by atoms with van der Waals surface area (Å²) in [5, 5.41) is 5.30. The van der Waals surface area contributed by atoms with Crippen LogP contribution in [0.15, 0.2) is 60.1 Å². The van der Waals surface area contributed by atoms with Gasteiger partial charge in [-0.3, -0.25) is 9.78 Å². The summed E-state index contributed by atoms with van der Waals surface area (Å²) >= 11 is 1.63. The molecule has 29 heavy (non-hydrogen) atoms. The lowest BCUT2D eigenvalue weighted by Gasteiger charge is -2.26. The number of anilines is 1. The molecular formula is C22H23N3O3S. The molecule has 0 saturated carbocycles. The van der Waals surface area contributed by atoms with Gasteiger partial charge in [0.1, 0.15) is 13.2 Å². The zero-order valence-electron chi connectivity index (χ0n) is 16.2. The SMILES string of the molecule is CC(NCC(=O)N(Cc1cccs1)c1ccc2c(c1)OCCO2)c1ccccn1. The van der Waals surface area contributed by atoms with E-state index in [-0.39, 0.29) is 18.5 Å². The van der Waals surface area contributed by atoms with Crippen molar-refractivity contribution in [3.8, 4) is 11.5 Å². The minimum Gasteiger partial charge on any atom is -0.486 e. The molecule has 150 valence electrons. The zero-order valence-corrected chi connectivity index (χ0v) is 17.0. The molecule has 0 saturated heterocycles. The molecule has 1 amide bonds. The number of thiophene rings is 1. The van der Waals surface area contributed by atoms with E-state index in [4.69, 9.17) is 9.47 Å². The maximum Gasteiger partial charge on any atom is 0.241 e. The maximum atomic E-state index is 13.1. The highest BCUT2D eigenvalue weighted by Gasteiger charge is 2.21. The first-order chi connectivity index (χ1) is 14.2. The van der Waals surface area contributed by atoms with Crippen LogP contribution in [0, 0.1) is 0 Å². The smallest absolute Gasteiger partial charge is 0.241 e. The summed E-state index contributed by atoms with van der Waals surface area (Å²) in [6.45, 7) is 3.77. The summed E-state index contributed by atoms with van der Waals surface area (Å²) in [6.07, 6.45) is 1.76. The second-order valence-electron chi connectivity index (χ2n) is 6.74. The molecule has 3 aromatic rings. The molecule has 7 heteroatoms. The number of nitrogens with zero attached hydrogens (tertiary/aromatic N) is 2. The van der Waals surface area contributed by atoms with Gasteiger partial charge in [-0.05, 0) is 42.6 Å². The van der Waals surface area contributed by atoms with Gasteiger partial charge in [-0.2, -0.15) is 0 Å². The Morgan fingerprint density at radius 3 is 2.79 bits per heavy atom. The molecule has 0 spiro atoms. The Morgan fingerprint density at radius 1 is 1.17 bits per heavy atom. The monoisotopic (exact) mass is 409 g/mol. The fourth-order valence-corrected chi connectivity index (χ4v) is 3.85. The van der Waals surface area contributed by atoms with Crippen LogP contribution in [-0.2, 0) is 11.3 Å². The number of hydrogen-bond donors (Lipinski definition) is 1. The minimum atomic E-state index is -0.0241. The average molecular weight is 410 g/mol. The molecular weight excluding hydrogens is 386 g/mol. The summed E-state index contributed by atoms with van der Waals surface area (Å²) in [5.41, 5.74) is 1.70. The summed E-state index contributed by atoms with van der Waals surface area (Å²) in [7, 11) is 0. The highest BCUT2D eigenvalue weighted by atomic mass is 32.1. The molecule has 2 aromatic heterocycles. The van der Waals surface area contributed by atoms with Gasteiger partial charge >= 0.3 is 0 Å². The Bertz CT molecular complexity index is 947. The van der Waals surface area contributed by atoms with Crippen molar-refractivity contribution in [2.24, 2.45) is 0 Å². The highest BCUT2D eigenvalue weighted by molar-refractivity contribution is 7.09. The van der Waals surface area contributed by atoms with Crippen molar-refractivity contribution >= 4 is 22.9 Å². The maximum absolute atomic E-state index is 13.1. The van der Waals surface area contributed by atoms with Crippen LogP contribution in [0.1, 0.15) is 23.5 Å². The lowest BCUT2D eigenvalue weighted by atomic mass is 10.2. The molecule has 1 aliphatic rings. The van der Waals surface area contributed by atoms with Crippen LogP contribution in [0.5, 0.6) is 11.5 Å². The van der Waals surface area contributed by atoms with Crippen LogP contribution in [0.4, 0.5) is 5.69 Å². The van der Waals surface area contributed by atoms with E-state index >= 15 is 0 Å². The second kappa shape index (κ2) is 9.07. The Morgan fingerprint density at radius 2 is 2.03 bits per heavy atom. The predicted octanol–water partition coefficient (Wildman–Crippen LogP) is 3.80. The Kier molecular flexibility index (Phi) is 6.07. The van der Waals surface area contributed by atoms with Crippen molar-refractivity contribution in [3.05, 3.63) is 70.7 Å². The first kappa shape index (κ1) is 19.4. The summed E-state index contributed by atoms with van der Waals surface area (Å²) in [5.74, 6) is 1.37. The van der Waals surface area contributed by atoms with E-state index in [0.29, 0.717) is 31.3 Å². The normalized spacial score (nSPS) is 13.7. The van der Waals surface area contributed by atoms with Crippen LogP contribution < -0.4 is 19.7 Å². The van der Waals surface area contributed by atoms with E-state index < -0.39 is 0 Å². The number of amides is 1. The highest BCUT2D eigenvalue weighted by Crippen LogP contribution is 2.34. The van der Waals surface area contributed by atoms with Crippen LogP contribution in [0.25, 0.3) is 0 Å². The third-order valence-electron chi connectivity index (χ3n) is 4.72. The van der Waals surface area contributed by atoms with Gasteiger partial charge < -0.3 is 19.7 Å². The molecule has 1 aromatic carbocycles. The van der Waals surface area contributed by atoms with Crippen LogP contribution in [0.3, 0.4) is 0 Å². The fourth-order valence-electron chi connectivity index (χ4n) is 3.15. The number of benzene rings is 1. The molecule has 1 unspecified atom stereocenters. The first-order valence-electron chi connectivity index (χ1n) is 9.57. The molecule has 4 rings (SSSR count). The molecule has 0 aliphatic carbocycles. The van der Waals surface area contributed by atoms with Crippen molar-refractivity contribution in [3.63, 3.8) is 0 Å². The van der Waals surface area contributed by atoms with E-state index in [1.54, 1.807) is 22.4 Å². The van der Waals surface area contributed by atoms with Gasteiger partial charge in [-0.1, -0.05) is 12.1 Å². The van der Waals surface area contributed by atoms with Gasteiger partial charge in [-0.25, -0.2) is 0 Å². The quantitative estimate of drug-likeness (QED) is 0.643. The number of nitrogens with one attached hydrogen (secondary N) is 1. The van der Waals surface area contributed by atoms with E-state index in [0.717, 1.165) is 16.3 Å². The lowest BCUT2D eigenvalue weighted by molar-refractivity contribution is -0.118. The molecule has 0 fully saturated rings. The average Bonchev–Trinajstić information content (AvgIpc) is 3.29. The van der Waals surface area contributed by atoms with Crippen molar-refractivity contribution < 1.29 is 14.3 Å². The number of carbonyl (C=O) groups is 1. The van der Waals surface area contributed by atoms with Gasteiger partial charge in [0.25, 0.3) is 0 Å². The van der Waals surface area contributed by atoms with Gasteiger partial charge in [0, 0.05) is 28.9 Å². The zero-order chi connectivity index (χ0) is 20.1. The molecule has 1 N–H and O–H groups in total. The van der Waals surface area contributed by atoms with Crippen LogP contribution in [-0.4, -0.2) is 30.6 Å². The van der Waals surface area contributed by atoms with E-state index in [1.807, 2.05) is 60.8 Å². The third kappa shape index (κ3) is 4.75. The van der Waals surface area contributed by atoms with Crippen LogP contribution >= 0.6 is 11.3 Å². The standard InChI is InChI=1S/C22H23N3O3S/c1-16(19-6-2-3-9-23-19)24-14-22(26)25(15-18-5-4-12-29-18)17-7-8-20-21(13-17)28-11-10-27-20/h2-9,12-13,16,24H,10-11,14-15H2,1H3. The number of pyridine rings is 1. The van der Waals surface area contributed by atoms with Gasteiger partial charge in [-0.15, -0.1) is 11.3 Å². The van der Waals surface area contributed by atoms with Crippen molar-refractivity contribution in [1.82, 2.24) is 10.3 Å². The molecule has 6 nitrogen and oxygen atoms in total. The van der Waals surface area contributed by atoms with E-state index in [2.05, 4.69) is 10.3 Å². The largest absolute Gasteiger partial charge is 0.486 e. The van der Waals surface area contributed by atoms with Crippen molar-refractivity contribution in [2.45, 2.75) is 19.5 Å². The number of ether oxygens (including phenoxy) is 2. The summed E-state index contributed by atoms with van der Waals surface area (Å²) in [4.78, 5) is 20.4. The topological polar surface area (TPSA) is 63.7 Å². The molecule has 3 heterocycles. The summed E-state index contributed by atoms with van der Waals surface area (Å²) in [6, 6.07) is 15.4. The van der Waals surface area contributed by atoms with Gasteiger partial charge in [0.2, 0.25) is 5.91 Å². The van der Waals surface area contributed by atoms with Gasteiger partial charge in [0.05, 0.1) is 18.8 Å². The number of carbonyl (C=O) groups excluding carboxylic acids is 1. The molecule has 0 bridgehead atoms. The number of hydrogen-bond acceptors (Lipinski definition) is 6. The molecule has 1 atom stereocenters. The third-order valence-corrected chi connectivity index (χ3v) is 5.58. The number of aromatic nitrogens is 1. The predicted molar refractivity (Wildman–Crippen MR) is 114 cm³/mol. The van der Waals surface area contributed by atoms with E-state index in [1.165, 1.54) is 0 Å². The minimum absolute atomic E-state index is 0.0159. The van der Waals surface area contributed by atoms with Crippen molar-refractivity contribution in [1.29, 1.82) is 0 Å². The molecule has 0 radical (unpaired) electrons. The molecule has 1 aliphatic heterocycles. The fraction of sp³-hybridized carbons (Fsp3) is 0.273. The summed E-state index contributed by atoms with van der Waals surface area (Å²) < 4.78 is 11.3. The Balaban J connectivity index is 1.51. The van der Waals surface area contributed by atoms with Crippen molar-refractivity contribution in [2.75, 3.05) is 24.7 Å². The van der Waals surface area contributed by atoms with Gasteiger partial charge in [0.15, 0.2) is 11.5 Å². The Labute approximate surface area is 174 Å². The van der Waals surface area contributed by atoms with Crippen LogP contribution in [0.2, 0.25) is 0 Å². The number of fused-ring (bicyclic) bond motifs is 1. The Hall–Kier alpha value is -2.90.